The van der Waals surface area contributed by atoms with E-state index in [9.17, 15) is 4.79 Å². The molecule has 0 radical (unpaired) electrons. The molecule has 4 heteroatoms. The lowest BCUT2D eigenvalue weighted by Crippen LogP contribution is -2.32. The number of carbonyl (C=O) groups excluding carboxylic acids is 1. The number of carbonyl (C=O) groups is 1. The molecule has 0 bridgehead atoms. The number of amides is 1. The fraction of sp³-hybridized carbons (Fsp3) is 0.643. The second-order valence-corrected chi connectivity index (χ2v) is 5.45. The number of hydrogen-bond donors (Lipinski definition) is 2. The third-order valence-corrected chi connectivity index (χ3v) is 4.19. The van der Waals surface area contributed by atoms with Crippen LogP contribution in [0, 0.1) is 5.92 Å². The maximum Gasteiger partial charge on any atom is 0.267 e. The van der Waals surface area contributed by atoms with Crippen LogP contribution in [0.15, 0.2) is 18.3 Å². The highest BCUT2D eigenvalue weighted by atomic mass is 16.1. The number of hydrogen-bond acceptors (Lipinski definition) is 2. The van der Waals surface area contributed by atoms with Crippen molar-refractivity contribution in [3.63, 3.8) is 0 Å². The van der Waals surface area contributed by atoms with E-state index in [1.54, 1.807) is 0 Å². The van der Waals surface area contributed by atoms with E-state index in [1.807, 2.05) is 18.3 Å². The molecule has 1 atom stereocenters. The summed E-state index contributed by atoms with van der Waals surface area (Å²) in [6.45, 7) is 2.91. The summed E-state index contributed by atoms with van der Waals surface area (Å²) in [7, 11) is 0. The van der Waals surface area contributed by atoms with Crippen molar-refractivity contribution < 1.29 is 4.79 Å². The number of rotatable bonds is 4. The van der Waals surface area contributed by atoms with Gasteiger partial charge in [0.05, 0.1) is 0 Å². The smallest absolute Gasteiger partial charge is 0.267 e. The van der Waals surface area contributed by atoms with Crippen molar-refractivity contribution >= 4 is 5.91 Å². The Morgan fingerprint density at radius 1 is 1.44 bits per heavy atom. The minimum atomic E-state index is 0.0822. The van der Waals surface area contributed by atoms with Crippen molar-refractivity contribution in [3.05, 3.63) is 24.0 Å². The summed E-state index contributed by atoms with van der Waals surface area (Å²) in [4.78, 5) is 12.2. The molecule has 2 aliphatic rings. The zero-order valence-electron chi connectivity index (χ0n) is 10.7. The fourth-order valence-electron chi connectivity index (χ4n) is 2.79. The van der Waals surface area contributed by atoms with Gasteiger partial charge in [0.1, 0.15) is 5.69 Å². The summed E-state index contributed by atoms with van der Waals surface area (Å²) in [6.07, 6.45) is 6.92. The van der Waals surface area contributed by atoms with Crippen molar-refractivity contribution in [2.45, 2.75) is 31.7 Å². The summed E-state index contributed by atoms with van der Waals surface area (Å²) in [5.41, 5.74) is 0.825. The first kappa shape index (κ1) is 11.8. The lowest BCUT2D eigenvalue weighted by atomic mass is 9.93. The highest BCUT2D eigenvalue weighted by Crippen LogP contribution is 2.32. The molecule has 2 N–H and O–H groups in total. The topological polar surface area (TPSA) is 46.1 Å². The van der Waals surface area contributed by atoms with Crippen LogP contribution in [-0.4, -0.2) is 30.1 Å². The van der Waals surface area contributed by atoms with Gasteiger partial charge in [-0.05, 0) is 56.8 Å². The molecular formula is C14H21N3O. The summed E-state index contributed by atoms with van der Waals surface area (Å²) in [5, 5.41) is 6.39. The minimum absolute atomic E-state index is 0.0822. The Morgan fingerprint density at radius 2 is 2.33 bits per heavy atom. The molecule has 1 saturated heterocycles. The minimum Gasteiger partial charge on any atom is -0.350 e. The lowest BCUT2D eigenvalue weighted by Gasteiger charge is -2.28. The van der Waals surface area contributed by atoms with Crippen molar-refractivity contribution in [2.75, 3.05) is 19.6 Å². The van der Waals surface area contributed by atoms with E-state index < -0.39 is 0 Å². The normalized spacial score (nSPS) is 23.9. The SMILES string of the molecule is O=C(NCC1CCNC1)c1cccn1C1CCC1. The molecule has 0 spiro atoms. The number of nitrogens with zero attached hydrogens (tertiary/aromatic N) is 1. The Balaban J connectivity index is 1.59. The molecule has 1 aromatic rings. The summed E-state index contributed by atoms with van der Waals surface area (Å²) < 4.78 is 2.14. The van der Waals surface area contributed by atoms with E-state index in [0.717, 1.165) is 25.3 Å². The standard InChI is InChI=1S/C14H21N3O/c18-14(16-10-11-6-7-15-9-11)13-5-2-8-17(13)12-3-1-4-12/h2,5,8,11-12,15H,1,3-4,6-7,9-10H2,(H,16,18). The van der Waals surface area contributed by atoms with Crippen molar-refractivity contribution in [1.29, 1.82) is 0 Å². The van der Waals surface area contributed by atoms with Gasteiger partial charge in [0.15, 0.2) is 0 Å². The molecule has 1 aliphatic heterocycles. The monoisotopic (exact) mass is 247 g/mol. The molecule has 2 heterocycles. The van der Waals surface area contributed by atoms with Gasteiger partial charge in [-0.2, -0.15) is 0 Å². The summed E-state index contributed by atoms with van der Waals surface area (Å²) in [6, 6.07) is 4.46. The van der Waals surface area contributed by atoms with E-state index in [0.29, 0.717) is 12.0 Å². The van der Waals surface area contributed by atoms with Crippen LogP contribution >= 0.6 is 0 Å². The van der Waals surface area contributed by atoms with Crippen LogP contribution < -0.4 is 10.6 Å². The van der Waals surface area contributed by atoms with Crippen molar-refractivity contribution in [1.82, 2.24) is 15.2 Å². The third kappa shape index (κ3) is 2.29. The maximum absolute atomic E-state index is 12.2. The predicted molar refractivity (Wildman–Crippen MR) is 70.6 cm³/mol. The fourth-order valence-corrected chi connectivity index (χ4v) is 2.79. The highest BCUT2D eigenvalue weighted by molar-refractivity contribution is 5.92. The zero-order valence-corrected chi connectivity index (χ0v) is 10.7. The first-order chi connectivity index (χ1) is 8.84. The first-order valence-electron chi connectivity index (χ1n) is 7.00. The van der Waals surface area contributed by atoms with Gasteiger partial charge in [-0.25, -0.2) is 0 Å². The van der Waals surface area contributed by atoms with E-state index in [4.69, 9.17) is 0 Å². The quantitative estimate of drug-likeness (QED) is 0.848. The Bertz CT molecular complexity index is 416. The lowest BCUT2D eigenvalue weighted by molar-refractivity contribution is 0.0933. The van der Waals surface area contributed by atoms with E-state index in [-0.39, 0.29) is 5.91 Å². The number of aromatic nitrogens is 1. The molecule has 1 aromatic heterocycles. The molecule has 2 fully saturated rings. The van der Waals surface area contributed by atoms with E-state index in [2.05, 4.69) is 15.2 Å². The van der Waals surface area contributed by atoms with Gasteiger partial charge in [0.25, 0.3) is 5.91 Å². The maximum atomic E-state index is 12.2. The van der Waals surface area contributed by atoms with Gasteiger partial charge in [0.2, 0.25) is 0 Å². The largest absolute Gasteiger partial charge is 0.350 e. The van der Waals surface area contributed by atoms with Crippen LogP contribution in [0.1, 0.15) is 42.2 Å². The molecule has 1 aliphatic carbocycles. The zero-order chi connectivity index (χ0) is 12.4. The molecule has 1 amide bonds. The summed E-state index contributed by atoms with van der Waals surface area (Å²) in [5.74, 6) is 0.680. The molecule has 98 valence electrons. The molecule has 3 rings (SSSR count). The van der Waals surface area contributed by atoms with Crippen LogP contribution in [0.2, 0.25) is 0 Å². The second kappa shape index (κ2) is 5.14. The Labute approximate surface area is 108 Å². The molecular weight excluding hydrogens is 226 g/mol. The van der Waals surface area contributed by atoms with Crippen LogP contribution in [0.25, 0.3) is 0 Å². The molecule has 1 saturated carbocycles. The Kier molecular flexibility index (Phi) is 3.37. The predicted octanol–water partition coefficient (Wildman–Crippen LogP) is 1.55. The van der Waals surface area contributed by atoms with E-state index >= 15 is 0 Å². The van der Waals surface area contributed by atoms with Gasteiger partial charge in [-0.1, -0.05) is 0 Å². The third-order valence-electron chi connectivity index (χ3n) is 4.19. The summed E-state index contributed by atoms with van der Waals surface area (Å²) >= 11 is 0. The van der Waals surface area contributed by atoms with Crippen LogP contribution in [0.3, 0.4) is 0 Å². The van der Waals surface area contributed by atoms with E-state index in [1.165, 1.54) is 25.7 Å². The molecule has 0 aromatic carbocycles. The van der Waals surface area contributed by atoms with Gasteiger partial charge in [-0.15, -0.1) is 0 Å². The Morgan fingerprint density at radius 3 is 3.00 bits per heavy atom. The van der Waals surface area contributed by atoms with Crippen molar-refractivity contribution in [3.8, 4) is 0 Å². The van der Waals surface area contributed by atoms with Crippen LogP contribution in [0.5, 0.6) is 0 Å². The van der Waals surface area contributed by atoms with Crippen LogP contribution in [0.4, 0.5) is 0 Å². The molecule has 1 unspecified atom stereocenters. The number of nitrogens with one attached hydrogen (secondary N) is 2. The average molecular weight is 247 g/mol. The van der Waals surface area contributed by atoms with Gasteiger partial charge in [-0.3, -0.25) is 4.79 Å². The second-order valence-electron chi connectivity index (χ2n) is 5.45. The molecule has 18 heavy (non-hydrogen) atoms. The van der Waals surface area contributed by atoms with Crippen molar-refractivity contribution in [2.24, 2.45) is 5.92 Å². The van der Waals surface area contributed by atoms with Gasteiger partial charge in [0, 0.05) is 18.8 Å². The highest BCUT2D eigenvalue weighted by Gasteiger charge is 2.23. The first-order valence-corrected chi connectivity index (χ1v) is 7.00. The van der Waals surface area contributed by atoms with Gasteiger partial charge >= 0.3 is 0 Å². The Hall–Kier alpha value is -1.29. The molecule has 4 nitrogen and oxygen atoms in total. The van der Waals surface area contributed by atoms with Crippen LogP contribution in [-0.2, 0) is 0 Å². The van der Waals surface area contributed by atoms with Gasteiger partial charge < -0.3 is 15.2 Å². The average Bonchev–Trinajstić information content (AvgIpc) is 2.94.